The lowest BCUT2D eigenvalue weighted by molar-refractivity contribution is 0.0904. The summed E-state index contributed by atoms with van der Waals surface area (Å²) in [5, 5.41) is 0.259. The Hall–Kier alpha value is -0.0100. The number of ether oxygens (including phenoxy) is 1. The molecule has 0 radical (unpaired) electrons. The third-order valence-electron chi connectivity index (χ3n) is 2.35. The van der Waals surface area contributed by atoms with E-state index in [4.69, 9.17) is 16.3 Å². The van der Waals surface area contributed by atoms with Crippen LogP contribution in [0.1, 0.15) is 12.8 Å². The molecule has 10 heavy (non-hydrogen) atoms. The van der Waals surface area contributed by atoms with Crippen LogP contribution in [0.2, 0.25) is 0 Å². The molecule has 0 bridgehead atoms. The van der Waals surface area contributed by atoms with Crippen LogP contribution in [-0.4, -0.2) is 18.1 Å². The summed E-state index contributed by atoms with van der Waals surface area (Å²) < 4.78 is 5.49. The Morgan fingerprint density at radius 1 is 1.30 bits per heavy atom. The highest BCUT2D eigenvalue weighted by Crippen LogP contribution is 2.33. The Morgan fingerprint density at radius 2 is 2.10 bits per heavy atom. The zero-order chi connectivity index (χ0) is 6.97. The number of allylic oxidation sites excluding steroid dienone is 1. The van der Waals surface area contributed by atoms with Gasteiger partial charge in [0.2, 0.25) is 0 Å². The molecule has 1 heterocycles. The topological polar surface area (TPSA) is 9.23 Å². The Bertz CT molecular complexity index is 155. The van der Waals surface area contributed by atoms with Crippen LogP contribution in [0.15, 0.2) is 12.2 Å². The smallest absolute Gasteiger partial charge is 0.0656 e. The van der Waals surface area contributed by atoms with Gasteiger partial charge >= 0.3 is 0 Å². The summed E-state index contributed by atoms with van der Waals surface area (Å²) in [5.74, 6) is 0.590. The molecule has 56 valence electrons. The van der Waals surface area contributed by atoms with Gasteiger partial charge in [-0.05, 0) is 12.8 Å². The highest BCUT2D eigenvalue weighted by Gasteiger charge is 2.35. The van der Waals surface area contributed by atoms with Crippen molar-refractivity contribution in [2.24, 2.45) is 5.92 Å². The maximum absolute atomic E-state index is 6.03. The van der Waals surface area contributed by atoms with E-state index >= 15 is 0 Å². The first-order valence-corrected chi connectivity index (χ1v) is 4.22. The quantitative estimate of drug-likeness (QED) is 0.387. The minimum Gasteiger partial charge on any atom is -0.376 e. The van der Waals surface area contributed by atoms with Gasteiger partial charge in [0.1, 0.15) is 0 Å². The summed E-state index contributed by atoms with van der Waals surface area (Å²) in [4.78, 5) is 0. The molecule has 0 saturated carbocycles. The summed E-state index contributed by atoms with van der Waals surface area (Å²) >= 11 is 6.03. The molecule has 2 aliphatic rings. The van der Waals surface area contributed by atoms with Crippen molar-refractivity contribution in [2.45, 2.75) is 24.3 Å². The van der Waals surface area contributed by atoms with Crippen LogP contribution in [0.3, 0.4) is 0 Å². The second-order valence-corrected chi connectivity index (χ2v) is 3.56. The largest absolute Gasteiger partial charge is 0.376 e. The molecule has 3 unspecified atom stereocenters. The molecule has 0 aromatic rings. The van der Waals surface area contributed by atoms with E-state index in [0.717, 1.165) is 19.4 Å². The Morgan fingerprint density at radius 3 is 2.90 bits per heavy atom. The van der Waals surface area contributed by atoms with Crippen molar-refractivity contribution in [3.05, 3.63) is 12.2 Å². The summed E-state index contributed by atoms with van der Waals surface area (Å²) in [6, 6.07) is 0. The first kappa shape index (κ1) is 6.68. The molecule has 2 rings (SSSR count). The van der Waals surface area contributed by atoms with Crippen LogP contribution < -0.4 is 0 Å². The second-order valence-electron chi connectivity index (χ2n) is 2.99. The van der Waals surface area contributed by atoms with Crippen molar-refractivity contribution in [3.63, 3.8) is 0 Å². The van der Waals surface area contributed by atoms with Gasteiger partial charge in [-0.3, -0.25) is 0 Å². The molecule has 1 saturated heterocycles. The van der Waals surface area contributed by atoms with Gasteiger partial charge in [-0.2, -0.15) is 0 Å². The third-order valence-corrected chi connectivity index (χ3v) is 2.80. The van der Waals surface area contributed by atoms with Gasteiger partial charge in [-0.25, -0.2) is 0 Å². The van der Waals surface area contributed by atoms with Crippen molar-refractivity contribution in [3.8, 4) is 0 Å². The molecule has 1 fully saturated rings. The number of alkyl halides is 1. The Labute approximate surface area is 66.0 Å². The zero-order valence-electron chi connectivity index (χ0n) is 5.79. The van der Waals surface area contributed by atoms with E-state index in [0.29, 0.717) is 12.0 Å². The van der Waals surface area contributed by atoms with Crippen LogP contribution in [0, 0.1) is 5.92 Å². The molecule has 3 atom stereocenters. The van der Waals surface area contributed by atoms with Gasteiger partial charge in [-0.15, -0.1) is 11.6 Å². The number of fused-ring (bicyclic) bond motifs is 1. The molecule has 1 nitrogen and oxygen atoms in total. The minimum atomic E-state index is 0.259. The van der Waals surface area contributed by atoms with Crippen LogP contribution in [-0.2, 0) is 4.74 Å². The lowest BCUT2D eigenvalue weighted by Gasteiger charge is -2.20. The Kier molecular flexibility index (Phi) is 1.71. The average Bonchev–Trinajstić information content (AvgIpc) is 2.34. The van der Waals surface area contributed by atoms with Gasteiger partial charge in [0.25, 0.3) is 0 Å². The fourth-order valence-corrected chi connectivity index (χ4v) is 2.06. The fourth-order valence-electron chi connectivity index (χ4n) is 1.72. The van der Waals surface area contributed by atoms with Crippen molar-refractivity contribution < 1.29 is 4.74 Å². The van der Waals surface area contributed by atoms with Crippen LogP contribution >= 0.6 is 11.6 Å². The van der Waals surface area contributed by atoms with Crippen LogP contribution in [0.5, 0.6) is 0 Å². The highest BCUT2D eigenvalue weighted by atomic mass is 35.5. The fraction of sp³-hybridized carbons (Fsp3) is 0.750. The number of rotatable bonds is 0. The van der Waals surface area contributed by atoms with Gasteiger partial charge in [0.15, 0.2) is 0 Å². The molecule has 0 aromatic carbocycles. The van der Waals surface area contributed by atoms with E-state index in [1.807, 2.05) is 0 Å². The minimum absolute atomic E-state index is 0.259. The maximum Gasteiger partial charge on any atom is 0.0656 e. The molecule has 2 heteroatoms. The first-order valence-electron chi connectivity index (χ1n) is 3.78. The normalized spacial score (nSPS) is 45.5. The van der Waals surface area contributed by atoms with E-state index in [2.05, 4.69) is 12.2 Å². The molecular weight excluding hydrogens is 148 g/mol. The molecule has 0 spiro atoms. The molecule has 1 aliphatic heterocycles. The molecule has 1 aliphatic carbocycles. The SMILES string of the molecule is ClC1COC2CC=CCC12. The summed E-state index contributed by atoms with van der Waals surface area (Å²) in [7, 11) is 0. The molecular formula is C8H11ClO. The maximum atomic E-state index is 6.03. The van der Waals surface area contributed by atoms with Crippen molar-refractivity contribution >= 4 is 11.6 Å². The lowest BCUT2D eigenvalue weighted by atomic mass is 9.91. The van der Waals surface area contributed by atoms with Gasteiger partial charge in [0.05, 0.1) is 18.1 Å². The second kappa shape index (κ2) is 2.55. The lowest BCUT2D eigenvalue weighted by Crippen LogP contribution is -2.21. The summed E-state index contributed by atoms with van der Waals surface area (Å²) in [6.45, 7) is 0.749. The molecule has 0 aromatic heterocycles. The van der Waals surface area contributed by atoms with E-state index in [1.54, 1.807) is 0 Å². The summed E-state index contributed by atoms with van der Waals surface area (Å²) in [5.41, 5.74) is 0. The van der Waals surface area contributed by atoms with Gasteiger partial charge in [0, 0.05) is 5.92 Å². The van der Waals surface area contributed by atoms with Crippen molar-refractivity contribution in [1.29, 1.82) is 0 Å². The van der Waals surface area contributed by atoms with E-state index in [-0.39, 0.29) is 5.38 Å². The standard InChI is InChI=1S/C8H11ClO/c9-7-5-10-8-4-2-1-3-6(7)8/h1-2,6-8H,3-5H2. The summed E-state index contributed by atoms with van der Waals surface area (Å²) in [6.07, 6.45) is 7.00. The Balaban J connectivity index is 2.10. The first-order chi connectivity index (χ1) is 4.88. The van der Waals surface area contributed by atoms with E-state index < -0.39 is 0 Å². The number of hydrogen-bond donors (Lipinski definition) is 0. The van der Waals surface area contributed by atoms with Gasteiger partial charge in [-0.1, -0.05) is 12.2 Å². The number of halogens is 1. The predicted octanol–water partition coefficient (Wildman–Crippen LogP) is 1.96. The average molecular weight is 159 g/mol. The molecule has 0 N–H and O–H groups in total. The van der Waals surface area contributed by atoms with Crippen LogP contribution in [0.25, 0.3) is 0 Å². The van der Waals surface area contributed by atoms with Crippen molar-refractivity contribution in [2.75, 3.05) is 6.61 Å². The van der Waals surface area contributed by atoms with E-state index in [1.165, 1.54) is 0 Å². The van der Waals surface area contributed by atoms with Gasteiger partial charge < -0.3 is 4.74 Å². The van der Waals surface area contributed by atoms with E-state index in [9.17, 15) is 0 Å². The van der Waals surface area contributed by atoms with Crippen molar-refractivity contribution in [1.82, 2.24) is 0 Å². The molecule has 0 amide bonds. The number of hydrogen-bond acceptors (Lipinski definition) is 1. The third kappa shape index (κ3) is 0.977. The highest BCUT2D eigenvalue weighted by molar-refractivity contribution is 6.21. The predicted molar refractivity (Wildman–Crippen MR) is 41.2 cm³/mol. The monoisotopic (exact) mass is 158 g/mol. The zero-order valence-corrected chi connectivity index (χ0v) is 6.55. The van der Waals surface area contributed by atoms with Crippen LogP contribution in [0.4, 0.5) is 0 Å².